The van der Waals surface area contributed by atoms with Crippen molar-refractivity contribution in [1.29, 1.82) is 0 Å². The van der Waals surface area contributed by atoms with Crippen LogP contribution in [0.25, 0.3) is 0 Å². The van der Waals surface area contributed by atoms with Gasteiger partial charge in [-0.1, -0.05) is 6.07 Å². The Labute approximate surface area is 171 Å². The van der Waals surface area contributed by atoms with Crippen molar-refractivity contribution >= 4 is 46.5 Å². The van der Waals surface area contributed by atoms with Gasteiger partial charge in [0, 0.05) is 29.3 Å². The second kappa shape index (κ2) is 8.04. The molecule has 29 heavy (non-hydrogen) atoms. The SMILES string of the molecule is O=C(CN1C(=O)C(=O)N(Cc2cccs2)C1=O)Nc1ccc(N2CCCC2)cc1. The number of hydrogen-bond donors (Lipinski definition) is 1. The maximum Gasteiger partial charge on any atom is 0.335 e. The molecular weight excluding hydrogens is 392 g/mol. The van der Waals surface area contributed by atoms with Crippen LogP contribution in [0.4, 0.5) is 16.2 Å². The summed E-state index contributed by atoms with van der Waals surface area (Å²) in [5.74, 6) is -2.43. The first-order valence-electron chi connectivity index (χ1n) is 9.37. The van der Waals surface area contributed by atoms with E-state index in [9.17, 15) is 19.2 Å². The monoisotopic (exact) mass is 412 g/mol. The largest absolute Gasteiger partial charge is 0.372 e. The van der Waals surface area contributed by atoms with Crippen molar-refractivity contribution in [2.75, 3.05) is 29.9 Å². The minimum absolute atomic E-state index is 0.0250. The van der Waals surface area contributed by atoms with Gasteiger partial charge in [-0.05, 0) is 48.6 Å². The smallest absolute Gasteiger partial charge is 0.335 e. The summed E-state index contributed by atoms with van der Waals surface area (Å²) in [6.07, 6.45) is 2.36. The molecule has 0 radical (unpaired) electrons. The average Bonchev–Trinajstić information content (AvgIpc) is 3.46. The van der Waals surface area contributed by atoms with Crippen LogP contribution in [-0.4, -0.2) is 53.2 Å². The number of nitrogens with zero attached hydrogens (tertiary/aromatic N) is 3. The topological polar surface area (TPSA) is 90.0 Å². The second-order valence-electron chi connectivity index (χ2n) is 6.93. The number of carbonyl (C=O) groups is 4. The van der Waals surface area contributed by atoms with Crippen LogP contribution in [0, 0.1) is 0 Å². The predicted octanol–water partition coefficient (Wildman–Crippen LogP) is 2.28. The molecule has 3 heterocycles. The summed E-state index contributed by atoms with van der Waals surface area (Å²) in [5.41, 5.74) is 1.67. The zero-order chi connectivity index (χ0) is 20.4. The number of hydrogen-bond acceptors (Lipinski definition) is 6. The lowest BCUT2D eigenvalue weighted by atomic mass is 10.2. The van der Waals surface area contributed by atoms with Crippen molar-refractivity contribution in [2.24, 2.45) is 0 Å². The minimum atomic E-state index is -0.980. The number of amides is 5. The van der Waals surface area contributed by atoms with Gasteiger partial charge >= 0.3 is 17.8 Å². The Morgan fingerprint density at radius 2 is 1.66 bits per heavy atom. The van der Waals surface area contributed by atoms with Crippen molar-refractivity contribution in [3.8, 4) is 0 Å². The van der Waals surface area contributed by atoms with Gasteiger partial charge in [-0.2, -0.15) is 0 Å². The number of nitrogens with one attached hydrogen (secondary N) is 1. The van der Waals surface area contributed by atoms with Crippen molar-refractivity contribution in [3.63, 3.8) is 0 Å². The summed E-state index contributed by atoms with van der Waals surface area (Å²) in [4.78, 5) is 53.7. The van der Waals surface area contributed by atoms with E-state index in [-0.39, 0.29) is 6.54 Å². The summed E-state index contributed by atoms with van der Waals surface area (Å²) in [6.45, 7) is 1.58. The van der Waals surface area contributed by atoms with Gasteiger partial charge in [0.15, 0.2) is 0 Å². The van der Waals surface area contributed by atoms with Gasteiger partial charge in [-0.3, -0.25) is 19.3 Å². The molecule has 0 bridgehead atoms. The Hall–Kier alpha value is -3.20. The van der Waals surface area contributed by atoms with Gasteiger partial charge in [-0.15, -0.1) is 11.3 Å². The molecule has 8 nitrogen and oxygen atoms in total. The Morgan fingerprint density at radius 1 is 0.966 bits per heavy atom. The quantitative estimate of drug-likeness (QED) is 0.581. The van der Waals surface area contributed by atoms with Crippen LogP contribution in [0.2, 0.25) is 0 Å². The fraction of sp³-hybridized carbons (Fsp3) is 0.300. The summed E-state index contributed by atoms with van der Waals surface area (Å²) >= 11 is 1.38. The molecule has 0 spiro atoms. The summed E-state index contributed by atoms with van der Waals surface area (Å²) in [5, 5.41) is 4.49. The molecule has 1 aromatic carbocycles. The van der Waals surface area contributed by atoms with Gasteiger partial charge in [0.1, 0.15) is 6.54 Å². The molecule has 0 aliphatic carbocycles. The van der Waals surface area contributed by atoms with E-state index in [1.54, 1.807) is 24.3 Å². The molecule has 2 aliphatic heterocycles. The fourth-order valence-electron chi connectivity index (χ4n) is 3.46. The lowest BCUT2D eigenvalue weighted by Crippen LogP contribution is -2.38. The molecule has 0 unspecified atom stereocenters. The summed E-state index contributed by atoms with van der Waals surface area (Å²) in [7, 11) is 0. The number of thiophene rings is 1. The molecule has 0 saturated carbocycles. The lowest BCUT2D eigenvalue weighted by molar-refractivity contribution is -0.143. The predicted molar refractivity (Wildman–Crippen MR) is 108 cm³/mol. The van der Waals surface area contributed by atoms with Gasteiger partial charge in [0.2, 0.25) is 5.91 Å². The zero-order valence-electron chi connectivity index (χ0n) is 15.7. The second-order valence-corrected chi connectivity index (χ2v) is 7.97. The van der Waals surface area contributed by atoms with E-state index < -0.39 is 30.3 Å². The maximum absolute atomic E-state index is 12.5. The molecule has 2 fully saturated rings. The highest BCUT2D eigenvalue weighted by Gasteiger charge is 2.45. The van der Waals surface area contributed by atoms with E-state index in [0.717, 1.165) is 28.6 Å². The molecule has 2 aromatic rings. The summed E-state index contributed by atoms with van der Waals surface area (Å²) < 4.78 is 0. The molecule has 1 N–H and O–H groups in total. The van der Waals surface area contributed by atoms with E-state index in [1.807, 2.05) is 17.5 Å². The normalized spacial score (nSPS) is 16.8. The third-order valence-corrected chi connectivity index (χ3v) is 5.81. The molecule has 2 saturated heterocycles. The third-order valence-electron chi connectivity index (χ3n) is 4.95. The van der Waals surface area contributed by atoms with Gasteiger partial charge in [0.05, 0.1) is 6.54 Å². The maximum atomic E-state index is 12.5. The highest BCUT2D eigenvalue weighted by Crippen LogP contribution is 2.22. The van der Waals surface area contributed by atoms with Crippen molar-refractivity contribution in [1.82, 2.24) is 9.80 Å². The first-order valence-corrected chi connectivity index (χ1v) is 10.3. The number of benzene rings is 1. The fourth-order valence-corrected chi connectivity index (χ4v) is 4.16. The van der Waals surface area contributed by atoms with E-state index in [2.05, 4.69) is 10.2 Å². The van der Waals surface area contributed by atoms with Crippen LogP contribution in [0.5, 0.6) is 0 Å². The van der Waals surface area contributed by atoms with Crippen LogP contribution in [0.1, 0.15) is 17.7 Å². The number of rotatable bonds is 6. The molecule has 150 valence electrons. The third kappa shape index (κ3) is 4.00. The highest BCUT2D eigenvalue weighted by atomic mass is 32.1. The van der Waals surface area contributed by atoms with E-state index in [4.69, 9.17) is 0 Å². The Kier molecular flexibility index (Phi) is 5.30. The van der Waals surface area contributed by atoms with Crippen molar-refractivity contribution < 1.29 is 19.2 Å². The first kappa shape index (κ1) is 19.1. The van der Waals surface area contributed by atoms with Crippen LogP contribution in [0.15, 0.2) is 41.8 Å². The van der Waals surface area contributed by atoms with Crippen molar-refractivity contribution in [2.45, 2.75) is 19.4 Å². The number of anilines is 2. The van der Waals surface area contributed by atoms with Gasteiger partial charge in [-0.25, -0.2) is 9.69 Å². The molecule has 0 atom stereocenters. The zero-order valence-corrected chi connectivity index (χ0v) is 16.5. The van der Waals surface area contributed by atoms with Crippen LogP contribution in [0.3, 0.4) is 0 Å². The standard InChI is InChI=1S/C20H20N4O4S/c25-17(21-14-5-7-15(8-6-14)22-9-1-2-10-22)13-24-19(27)18(26)23(20(24)28)12-16-4-3-11-29-16/h3-8,11H,1-2,9-10,12-13H2,(H,21,25). The average molecular weight is 412 g/mol. The van der Waals surface area contributed by atoms with E-state index >= 15 is 0 Å². The van der Waals surface area contributed by atoms with E-state index in [0.29, 0.717) is 10.6 Å². The number of urea groups is 1. The highest BCUT2D eigenvalue weighted by molar-refractivity contribution is 7.09. The molecule has 4 rings (SSSR count). The van der Waals surface area contributed by atoms with Crippen LogP contribution < -0.4 is 10.2 Å². The molecular formula is C20H20N4O4S. The van der Waals surface area contributed by atoms with Crippen LogP contribution in [-0.2, 0) is 20.9 Å². The van der Waals surface area contributed by atoms with E-state index in [1.165, 1.54) is 24.2 Å². The number of carbonyl (C=O) groups excluding carboxylic acids is 4. The number of imide groups is 2. The Bertz CT molecular complexity index is 936. The van der Waals surface area contributed by atoms with Gasteiger partial charge in [0.25, 0.3) is 0 Å². The minimum Gasteiger partial charge on any atom is -0.372 e. The molecule has 5 amide bonds. The van der Waals surface area contributed by atoms with Crippen LogP contribution >= 0.6 is 11.3 Å². The molecule has 1 aromatic heterocycles. The van der Waals surface area contributed by atoms with Gasteiger partial charge < -0.3 is 10.2 Å². The van der Waals surface area contributed by atoms with Crippen molar-refractivity contribution in [3.05, 3.63) is 46.7 Å². The molecule has 9 heteroatoms. The lowest BCUT2D eigenvalue weighted by Gasteiger charge is -2.18. The Balaban J connectivity index is 1.36. The molecule has 2 aliphatic rings. The Morgan fingerprint density at radius 3 is 2.31 bits per heavy atom. The first-order chi connectivity index (χ1) is 14.0. The summed E-state index contributed by atoms with van der Waals surface area (Å²) in [6, 6.07) is 10.2.